The van der Waals surface area contributed by atoms with Gasteiger partial charge in [-0.2, -0.15) is 0 Å². The molecule has 7 heteroatoms. The second kappa shape index (κ2) is 9.02. The van der Waals surface area contributed by atoms with E-state index in [1.165, 1.54) is 0 Å². The number of hydrogen-bond acceptors (Lipinski definition) is 4. The van der Waals surface area contributed by atoms with Gasteiger partial charge in [0.05, 0.1) is 12.3 Å². The first-order valence-corrected chi connectivity index (χ1v) is 10.3. The summed E-state index contributed by atoms with van der Waals surface area (Å²) in [5.74, 6) is 0.967. The van der Waals surface area contributed by atoms with Crippen LogP contribution in [0.15, 0.2) is 72.8 Å². The van der Waals surface area contributed by atoms with E-state index in [1.54, 1.807) is 41.1 Å². The smallest absolute Gasteiger partial charge is 0.295 e. The lowest BCUT2D eigenvalue weighted by atomic mass is 10.2. The molecule has 0 fully saturated rings. The molecule has 31 heavy (non-hydrogen) atoms. The number of aryl methyl sites for hydroxylation is 1. The summed E-state index contributed by atoms with van der Waals surface area (Å²) in [4.78, 5) is 17.4. The van der Waals surface area contributed by atoms with Crippen LogP contribution in [0.3, 0.4) is 0 Å². The van der Waals surface area contributed by atoms with Gasteiger partial charge in [0, 0.05) is 16.3 Å². The van der Waals surface area contributed by atoms with Crippen LogP contribution in [0.5, 0.6) is 5.75 Å². The third kappa shape index (κ3) is 4.75. The number of carbonyl (C=O) groups excluding carboxylic acids is 1. The molecule has 1 aromatic heterocycles. The van der Waals surface area contributed by atoms with Crippen molar-refractivity contribution in [2.24, 2.45) is 0 Å². The van der Waals surface area contributed by atoms with Crippen molar-refractivity contribution >= 4 is 23.2 Å². The van der Waals surface area contributed by atoms with Gasteiger partial charge in [0.25, 0.3) is 5.91 Å². The second-order valence-corrected chi connectivity index (χ2v) is 7.36. The van der Waals surface area contributed by atoms with Crippen molar-refractivity contribution < 1.29 is 9.53 Å². The van der Waals surface area contributed by atoms with Crippen LogP contribution in [0.2, 0.25) is 5.02 Å². The Kier molecular flexibility index (Phi) is 6.00. The summed E-state index contributed by atoms with van der Waals surface area (Å²) in [6.07, 6.45) is 0. The number of ether oxygens (including phenoxy) is 1. The molecule has 1 amide bonds. The molecule has 0 aliphatic heterocycles. The van der Waals surface area contributed by atoms with E-state index < -0.39 is 5.91 Å². The third-order valence-electron chi connectivity index (χ3n) is 4.61. The van der Waals surface area contributed by atoms with Gasteiger partial charge >= 0.3 is 0 Å². The molecule has 156 valence electrons. The van der Waals surface area contributed by atoms with E-state index in [-0.39, 0.29) is 5.82 Å². The van der Waals surface area contributed by atoms with Gasteiger partial charge in [0.15, 0.2) is 5.82 Å². The van der Waals surface area contributed by atoms with Crippen molar-refractivity contribution in [1.29, 1.82) is 0 Å². The van der Waals surface area contributed by atoms with Crippen molar-refractivity contribution in [3.8, 4) is 22.8 Å². The molecule has 0 bridgehead atoms. The molecule has 1 N–H and O–H groups in total. The highest BCUT2D eigenvalue weighted by atomic mass is 35.5. The molecule has 0 saturated heterocycles. The van der Waals surface area contributed by atoms with E-state index >= 15 is 0 Å². The van der Waals surface area contributed by atoms with E-state index in [2.05, 4.69) is 15.4 Å². The predicted octanol–water partition coefficient (Wildman–Crippen LogP) is 5.55. The maximum atomic E-state index is 12.9. The third-order valence-corrected chi connectivity index (χ3v) is 4.87. The number of hydrogen-bond donors (Lipinski definition) is 1. The highest BCUT2D eigenvalue weighted by molar-refractivity contribution is 6.30. The summed E-state index contributed by atoms with van der Waals surface area (Å²) >= 11 is 6.03. The van der Waals surface area contributed by atoms with Gasteiger partial charge in [-0.05, 0) is 74.5 Å². The van der Waals surface area contributed by atoms with Crippen LogP contribution < -0.4 is 10.1 Å². The molecular formula is C24H21ClN4O2. The van der Waals surface area contributed by atoms with Crippen molar-refractivity contribution in [3.63, 3.8) is 0 Å². The Hall–Kier alpha value is -3.64. The zero-order chi connectivity index (χ0) is 21.8. The van der Waals surface area contributed by atoms with Crippen LogP contribution in [-0.2, 0) is 0 Å². The van der Waals surface area contributed by atoms with Gasteiger partial charge in [-0.15, -0.1) is 5.10 Å². The lowest BCUT2D eigenvalue weighted by Crippen LogP contribution is -2.14. The summed E-state index contributed by atoms with van der Waals surface area (Å²) in [5.41, 5.74) is 3.37. The molecule has 0 unspecified atom stereocenters. The monoisotopic (exact) mass is 432 g/mol. The summed E-state index contributed by atoms with van der Waals surface area (Å²) in [6, 6.07) is 22.3. The Bertz CT molecular complexity index is 1120. The van der Waals surface area contributed by atoms with E-state index in [1.807, 2.05) is 50.2 Å². The molecule has 3 aromatic carbocycles. The first-order chi connectivity index (χ1) is 15.0. The lowest BCUT2D eigenvalue weighted by Gasteiger charge is -2.06. The van der Waals surface area contributed by atoms with Gasteiger partial charge in [-0.1, -0.05) is 29.3 Å². The molecule has 4 aromatic rings. The number of anilines is 1. The van der Waals surface area contributed by atoms with Crippen molar-refractivity contribution in [2.75, 3.05) is 11.9 Å². The van der Waals surface area contributed by atoms with E-state index in [0.717, 1.165) is 22.6 Å². The van der Waals surface area contributed by atoms with Gasteiger partial charge in [0.2, 0.25) is 5.82 Å². The zero-order valence-electron chi connectivity index (χ0n) is 17.2. The fourth-order valence-electron chi connectivity index (χ4n) is 3.05. The quantitative estimate of drug-likeness (QED) is 0.434. The van der Waals surface area contributed by atoms with E-state index in [0.29, 0.717) is 23.1 Å². The minimum absolute atomic E-state index is 0.0689. The van der Waals surface area contributed by atoms with Crippen LogP contribution >= 0.6 is 11.6 Å². The van der Waals surface area contributed by atoms with Gasteiger partial charge in [0.1, 0.15) is 5.75 Å². The number of nitrogens with one attached hydrogen (secondary N) is 1. The van der Waals surface area contributed by atoms with Gasteiger partial charge in [-0.25, -0.2) is 9.67 Å². The molecule has 0 spiro atoms. The maximum absolute atomic E-state index is 12.9. The number of aromatic nitrogens is 3. The maximum Gasteiger partial charge on any atom is 0.295 e. The van der Waals surface area contributed by atoms with Crippen LogP contribution in [-0.4, -0.2) is 27.3 Å². The van der Waals surface area contributed by atoms with E-state index in [9.17, 15) is 4.79 Å². The topological polar surface area (TPSA) is 69.0 Å². The SMILES string of the molecule is CCOc1ccc(NC(=O)c2nc(-c3ccc(Cl)cc3)n(-c3ccc(C)cc3)n2)cc1. The molecule has 1 heterocycles. The fourth-order valence-corrected chi connectivity index (χ4v) is 3.17. The fraction of sp³-hybridized carbons (Fsp3) is 0.125. The summed E-state index contributed by atoms with van der Waals surface area (Å²) in [5, 5.41) is 7.95. The highest BCUT2D eigenvalue weighted by Gasteiger charge is 2.19. The van der Waals surface area contributed by atoms with Crippen LogP contribution in [0.4, 0.5) is 5.69 Å². The number of rotatable bonds is 6. The molecular weight excluding hydrogens is 412 g/mol. The van der Waals surface area contributed by atoms with E-state index in [4.69, 9.17) is 16.3 Å². The Labute approximate surface area is 185 Å². The number of carbonyl (C=O) groups is 1. The first-order valence-electron chi connectivity index (χ1n) is 9.88. The second-order valence-electron chi connectivity index (χ2n) is 6.92. The van der Waals surface area contributed by atoms with Crippen molar-refractivity contribution in [3.05, 3.63) is 89.2 Å². The normalized spacial score (nSPS) is 10.7. The Morgan fingerprint density at radius 1 is 1.00 bits per heavy atom. The molecule has 0 aliphatic rings. The average molecular weight is 433 g/mol. The van der Waals surface area contributed by atoms with Crippen molar-refractivity contribution in [1.82, 2.24) is 14.8 Å². The molecule has 0 atom stereocenters. The number of nitrogens with zero attached hydrogens (tertiary/aromatic N) is 3. The van der Waals surface area contributed by atoms with Crippen LogP contribution in [0.1, 0.15) is 23.1 Å². The molecule has 4 rings (SSSR count). The summed E-state index contributed by atoms with van der Waals surface area (Å²) in [7, 11) is 0. The lowest BCUT2D eigenvalue weighted by molar-refractivity contribution is 0.101. The summed E-state index contributed by atoms with van der Waals surface area (Å²) in [6.45, 7) is 4.52. The molecule has 0 radical (unpaired) electrons. The number of benzene rings is 3. The Morgan fingerprint density at radius 2 is 1.68 bits per heavy atom. The molecule has 0 saturated carbocycles. The van der Waals surface area contributed by atoms with Crippen LogP contribution in [0.25, 0.3) is 17.1 Å². The highest BCUT2D eigenvalue weighted by Crippen LogP contribution is 2.24. The first kappa shape index (κ1) is 20.6. The standard InChI is InChI=1S/C24H21ClN4O2/c1-3-31-21-14-10-19(11-15-21)26-24(30)22-27-23(17-6-8-18(25)9-7-17)29(28-22)20-12-4-16(2)5-13-20/h4-15H,3H2,1-2H3,(H,26,30). The number of amides is 1. The van der Waals surface area contributed by atoms with Crippen LogP contribution in [0, 0.1) is 6.92 Å². The number of halogens is 1. The Morgan fingerprint density at radius 3 is 2.32 bits per heavy atom. The molecule has 6 nitrogen and oxygen atoms in total. The van der Waals surface area contributed by atoms with Crippen molar-refractivity contribution in [2.45, 2.75) is 13.8 Å². The summed E-state index contributed by atoms with van der Waals surface area (Å²) < 4.78 is 7.10. The largest absolute Gasteiger partial charge is 0.494 e. The Balaban J connectivity index is 1.67. The minimum atomic E-state index is -0.398. The molecule has 0 aliphatic carbocycles. The average Bonchev–Trinajstić information content (AvgIpc) is 3.22. The predicted molar refractivity (Wildman–Crippen MR) is 122 cm³/mol. The zero-order valence-corrected chi connectivity index (χ0v) is 17.9. The minimum Gasteiger partial charge on any atom is -0.494 e. The van der Waals surface area contributed by atoms with Gasteiger partial charge in [-0.3, -0.25) is 4.79 Å². The van der Waals surface area contributed by atoms with Gasteiger partial charge < -0.3 is 10.1 Å².